The molecule has 8 N–H and O–H groups in total. The fraction of sp³-hybridized carbons (Fsp3) is 0.567. The van der Waals surface area contributed by atoms with E-state index in [0.29, 0.717) is 62.9 Å². The topological polar surface area (TPSA) is 239 Å². The molecule has 0 radical (unpaired) electrons. The molecule has 2 aliphatic carbocycles. The zero-order valence-corrected chi connectivity index (χ0v) is 49.0. The fourth-order valence-electron chi connectivity index (χ4n) is 12.9. The molecule has 0 bridgehead atoms. The first-order valence-corrected chi connectivity index (χ1v) is 30.5. The first kappa shape index (κ1) is 58.7. The lowest BCUT2D eigenvalue weighted by Crippen LogP contribution is -2.58. The zero-order valence-electron chi connectivity index (χ0n) is 47.3. The molecule has 4 heterocycles. The largest absolute Gasteiger partial charge is 0.352 e. The summed E-state index contributed by atoms with van der Waals surface area (Å²) in [6.07, 6.45) is 4.45. The molecule has 3 aromatic carbocycles. The lowest BCUT2D eigenvalue weighted by atomic mass is 9.78. The summed E-state index contributed by atoms with van der Waals surface area (Å²) >= 11 is 3.27. The van der Waals surface area contributed by atoms with E-state index in [0.717, 1.165) is 33.4 Å². The van der Waals surface area contributed by atoms with Gasteiger partial charge in [-0.1, -0.05) is 100 Å². The molecule has 6 aliphatic rings. The van der Waals surface area contributed by atoms with Gasteiger partial charge in [-0.3, -0.25) is 38.4 Å². The van der Waals surface area contributed by atoms with Crippen LogP contribution in [0.25, 0.3) is 0 Å². The molecule has 0 aromatic heterocycles. The van der Waals surface area contributed by atoms with Crippen LogP contribution >= 0.6 is 23.5 Å². The Kier molecular flexibility index (Phi) is 18.1. The van der Waals surface area contributed by atoms with Gasteiger partial charge < -0.3 is 52.3 Å². The minimum absolute atomic E-state index is 0.205. The van der Waals surface area contributed by atoms with Gasteiger partial charge in [0.25, 0.3) is 0 Å². The zero-order chi connectivity index (χ0) is 57.2. The van der Waals surface area contributed by atoms with Crippen molar-refractivity contribution in [2.75, 3.05) is 25.6 Å². The van der Waals surface area contributed by atoms with E-state index in [1.165, 1.54) is 0 Å². The van der Waals surface area contributed by atoms with E-state index >= 15 is 0 Å². The number of rotatable bonds is 16. The number of carbonyl (C=O) groups is 8. The number of carbonyl (C=O) groups excluding carboxylic acids is 8. The highest BCUT2D eigenvalue weighted by Crippen LogP contribution is 2.49. The molecular formula is C60H80N10O8S2. The molecule has 12 atom stereocenters. The van der Waals surface area contributed by atoms with Crippen molar-refractivity contribution in [2.45, 2.75) is 165 Å². The van der Waals surface area contributed by atoms with Gasteiger partial charge in [0.1, 0.15) is 24.2 Å². The third-order valence-electron chi connectivity index (χ3n) is 17.6. The molecule has 9 rings (SSSR count). The third-order valence-corrected chi connectivity index (χ3v) is 20.1. The fourth-order valence-corrected chi connectivity index (χ4v) is 16.0. The Hall–Kier alpha value is -5.96. The molecule has 3 aromatic rings. The summed E-state index contributed by atoms with van der Waals surface area (Å²) in [7, 11) is 3.38. The van der Waals surface area contributed by atoms with E-state index in [-0.39, 0.29) is 71.1 Å². The molecule has 20 heteroatoms. The van der Waals surface area contributed by atoms with Crippen LogP contribution in [0.1, 0.15) is 126 Å². The van der Waals surface area contributed by atoms with Gasteiger partial charge >= 0.3 is 0 Å². The van der Waals surface area contributed by atoms with Gasteiger partial charge in [0.05, 0.1) is 46.8 Å². The summed E-state index contributed by atoms with van der Waals surface area (Å²) in [5.74, 6) is -2.04. The van der Waals surface area contributed by atoms with Gasteiger partial charge in [-0.25, -0.2) is 0 Å². The summed E-state index contributed by atoms with van der Waals surface area (Å²) in [5.41, 5.74) is 4.37. The highest BCUT2D eigenvalue weighted by atomic mass is 32.2. The van der Waals surface area contributed by atoms with Crippen molar-refractivity contribution in [2.24, 2.45) is 22.7 Å². The van der Waals surface area contributed by atoms with E-state index in [9.17, 15) is 38.4 Å². The first-order chi connectivity index (χ1) is 38.2. The lowest BCUT2D eigenvalue weighted by molar-refractivity contribution is -0.144. The standard InChI is InChI=1S/C60H80N10O8S2/c1-33(61-7)51(71)65-43-25-27-79-45-29-59(3,4)49(69(45)57(43)77)55(75)67-47-39-15-11-9-13-37(39)21-23-41(47)53(73)63-31-35-17-19-36(20-18-35)32-64-54(74)42-24-22-38-14-10-12-16-40(38)48(42)68-56(76)50-60(5,6)30-46-70(50)58(78)44(26-28-80-46)66-52(72)34(2)62-8/h9-20,33-34,41-50,61-62H,21-32H2,1-8H3,(H,63,73)(H,64,74)(H,65,71)(H,66,72)(H,67,75)(H,68,76)/t33-,34-,41+,42+,43-,44+,45-,46-,47+,48-,49+,50?/m0/s1. The monoisotopic (exact) mass is 1130 g/mol. The maximum atomic E-state index is 14.8. The average molecular weight is 1130 g/mol. The van der Waals surface area contributed by atoms with Crippen molar-refractivity contribution in [1.29, 1.82) is 0 Å². The number of aryl methyl sites for hydroxylation is 2. The van der Waals surface area contributed by atoms with E-state index in [1.54, 1.807) is 61.3 Å². The van der Waals surface area contributed by atoms with Crippen LogP contribution in [0.4, 0.5) is 0 Å². The van der Waals surface area contributed by atoms with Crippen LogP contribution in [0, 0.1) is 22.7 Å². The predicted molar refractivity (Wildman–Crippen MR) is 309 cm³/mol. The predicted octanol–water partition coefficient (Wildman–Crippen LogP) is 4.12. The molecule has 430 valence electrons. The number of thioether (sulfide) groups is 2. The Morgan fingerprint density at radius 1 is 0.537 bits per heavy atom. The highest BCUT2D eigenvalue weighted by Gasteiger charge is 2.57. The number of amides is 8. The Morgan fingerprint density at radius 2 is 0.912 bits per heavy atom. The second-order valence-electron chi connectivity index (χ2n) is 24.0. The van der Waals surface area contributed by atoms with Crippen LogP contribution in [0.15, 0.2) is 72.8 Å². The van der Waals surface area contributed by atoms with E-state index in [4.69, 9.17) is 0 Å². The second-order valence-corrected chi connectivity index (χ2v) is 26.5. The summed E-state index contributed by atoms with van der Waals surface area (Å²) in [5, 5.41) is 24.1. The van der Waals surface area contributed by atoms with Crippen molar-refractivity contribution in [3.63, 3.8) is 0 Å². The van der Waals surface area contributed by atoms with E-state index < -0.39 is 71.0 Å². The number of benzene rings is 3. The van der Waals surface area contributed by atoms with Crippen molar-refractivity contribution in [3.8, 4) is 0 Å². The number of fused-ring (bicyclic) bond motifs is 4. The Labute approximate surface area is 478 Å². The van der Waals surface area contributed by atoms with Gasteiger partial charge in [-0.2, -0.15) is 0 Å². The minimum Gasteiger partial charge on any atom is -0.352 e. The summed E-state index contributed by atoms with van der Waals surface area (Å²) < 4.78 is 0. The van der Waals surface area contributed by atoms with Crippen LogP contribution in [-0.2, 0) is 64.3 Å². The van der Waals surface area contributed by atoms with Gasteiger partial charge in [-0.15, -0.1) is 23.5 Å². The molecule has 18 nitrogen and oxygen atoms in total. The number of likely N-dealkylation sites (N-methyl/N-ethyl adjacent to an activating group) is 2. The molecule has 8 amide bonds. The maximum Gasteiger partial charge on any atom is 0.246 e. The number of nitrogens with one attached hydrogen (secondary N) is 8. The van der Waals surface area contributed by atoms with Crippen molar-refractivity contribution in [1.82, 2.24) is 52.3 Å². The normalized spacial score (nSPS) is 28.2. The molecule has 4 fully saturated rings. The van der Waals surface area contributed by atoms with Crippen LogP contribution in [-0.4, -0.2) is 130 Å². The average Bonchev–Trinajstić information content (AvgIpc) is 3.85. The molecule has 4 saturated heterocycles. The minimum atomic E-state index is -0.826. The highest BCUT2D eigenvalue weighted by molar-refractivity contribution is 8.00. The van der Waals surface area contributed by atoms with Gasteiger partial charge in [-0.05, 0) is 135 Å². The summed E-state index contributed by atoms with van der Waals surface area (Å²) in [6.45, 7) is 11.9. The van der Waals surface area contributed by atoms with Crippen LogP contribution in [0.5, 0.6) is 0 Å². The number of nitrogens with zero attached hydrogens (tertiary/aromatic N) is 2. The molecular weight excluding hydrogens is 1050 g/mol. The van der Waals surface area contributed by atoms with Crippen LogP contribution in [0.3, 0.4) is 0 Å². The van der Waals surface area contributed by atoms with Crippen LogP contribution < -0.4 is 42.5 Å². The van der Waals surface area contributed by atoms with Gasteiger partial charge in [0.15, 0.2) is 0 Å². The Morgan fingerprint density at radius 3 is 1.29 bits per heavy atom. The van der Waals surface area contributed by atoms with Crippen molar-refractivity contribution >= 4 is 70.8 Å². The first-order valence-electron chi connectivity index (χ1n) is 28.4. The SMILES string of the molecule is CN[C@@H](C)C(=O)N[C@H]1CCS[C@H]2CC(C)(C)[C@@H](C(=O)N[C@@H]3c4ccccc4CC[C@H]3C(=O)NCc3ccc(CNC(=O)[C@@H]4CCc5ccccc5[C@@H]4NC(=O)C4N5C(=O)[C@H](NC(=O)[C@H](C)NC)CCS[C@H]5CC4(C)C)cc3)N2C1=O. The van der Waals surface area contributed by atoms with Gasteiger partial charge in [0, 0.05) is 13.1 Å². The Balaban J connectivity index is 0.838. The molecule has 0 saturated carbocycles. The number of hydrogen-bond acceptors (Lipinski definition) is 12. The smallest absolute Gasteiger partial charge is 0.246 e. The van der Waals surface area contributed by atoms with Crippen molar-refractivity contribution in [3.05, 3.63) is 106 Å². The molecule has 4 aliphatic heterocycles. The Bertz CT molecular complexity index is 2660. The maximum absolute atomic E-state index is 14.8. The number of hydrogen-bond donors (Lipinski definition) is 8. The van der Waals surface area contributed by atoms with E-state index in [1.807, 2.05) is 100 Å². The quantitative estimate of drug-likeness (QED) is 0.101. The van der Waals surface area contributed by atoms with Crippen LogP contribution in [0.2, 0.25) is 0 Å². The second kappa shape index (κ2) is 24.6. The third kappa shape index (κ3) is 12.3. The summed E-state index contributed by atoms with van der Waals surface area (Å²) in [4.78, 5) is 116. The van der Waals surface area contributed by atoms with E-state index in [2.05, 4.69) is 42.5 Å². The van der Waals surface area contributed by atoms with Gasteiger partial charge in [0.2, 0.25) is 47.3 Å². The molecule has 1 unspecified atom stereocenters. The molecule has 80 heavy (non-hydrogen) atoms. The lowest BCUT2D eigenvalue weighted by Gasteiger charge is -2.38. The van der Waals surface area contributed by atoms with Crippen molar-refractivity contribution < 1.29 is 38.4 Å². The summed E-state index contributed by atoms with van der Waals surface area (Å²) in [6, 6.07) is 17.9. The molecule has 0 spiro atoms.